The van der Waals surface area contributed by atoms with Gasteiger partial charge >= 0.3 is 0 Å². The van der Waals surface area contributed by atoms with Crippen molar-refractivity contribution in [1.29, 1.82) is 5.26 Å². The van der Waals surface area contributed by atoms with Crippen molar-refractivity contribution >= 4 is 12.0 Å². The summed E-state index contributed by atoms with van der Waals surface area (Å²) in [5.74, 6) is -0.158. The van der Waals surface area contributed by atoms with Gasteiger partial charge in [-0.25, -0.2) is 0 Å². The Morgan fingerprint density at radius 2 is 1.94 bits per heavy atom. The number of aromatic nitrogens is 1. The molecule has 0 atom stereocenters. The number of nitriles is 1. The first-order valence-electron chi connectivity index (χ1n) is 6.12. The highest BCUT2D eigenvalue weighted by Gasteiger charge is 2.19. The van der Waals surface area contributed by atoms with Crippen molar-refractivity contribution in [3.05, 3.63) is 35.7 Å². The molecular weight excluding hydrogens is 226 g/mol. The third-order valence-electron chi connectivity index (χ3n) is 3.01. The zero-order valence-electron chi connectivity index (χ0n) is 10.2. The van der Waals surface area contributed by atoms with Gasteiger partial charge < -0.3 is 4.90 Å². The quantitative estimate of drug-likeness (QED) is 0.587. The molecule has 2 rings (SSSR count). The molecule has 92 valence electrons. The summed E-state index contributed by atoms with van der Waals surface area (Å²) in [5.41, 5.74) is 1.02. The first kappa shape index (κ1) is 12.3. The van der Waals surface area contributed by atoms with E-state index < -0.39 is 0 Å². The van der Waals surface area contributed by atoms with Gasteiger partial charge in [0.1, 0.15) is 11.6 Å². The maximum absolute atomic E-state index is 12.2. The van der Waals surface area contributed by atoms with Crippen molar-refractivity contribution < 1.29 is 4.79 Å². The molecule has 0 bridgehead atoms. The molecule has 4 heteroatoms. The summed E-state index contributed by atoms with van der Waals surface area (Å²) in [6.45, 7) is 1.52. The van der Waals surface area contributed by atoms with Gasteiger partial charge in [0.15, 0.2) is 0 Å². The minimum atomic E-state index is -0.158. The van der Waals surface area contributed by atoms with Crippen LogP contribution in [0.5, 0.6) is 0 Å². The highest BCUT2D eigenvalue weighted by Crippen LogP contribution is 2.14. The molecule has 1 saturated heterocycles. The second kappa shape index (κ2) is 5.97. The maximum atomic E-state index is 12.2. The molecule has 1 aliphatic rings. The van der Waals surface area contributed by atoms with Crippen molar-refractivity contribution in [2.45, 2.75) is 19.3 Å². The standard InChI is InChI=1S/C14H15N3O/c15-11-13(10-12-4-6-16-7-5-12)14(18)17-8-2-1-3-9-17/h4-7,10H,1-3,8-9H2/b13-10+. The van der Waals surface area contributed by atoms with Crippen molar-refractivity contribution in [2.75, 3.05) is 13.1 Å². The number of pyridine rings is 1. The molecule has 0 aliphatic carbocycles. The van der Waals surface area contributed by atoms with Crippen LogP contribution in [0.15, 0.2) is 30.1 Å². The Morgan fingerprint density at radius 3 is 2.56 bits per heavy atom. The molecule has 2 heterocycles. The van der Waals surface area contributed by atoms with E-state index in [0.29, 0.717) is 0 Å². The Labute approximate surface area is 107 Å². The summed E-state index contributed by atoms with van der Waals surface area (Å²) < 4.78 is 0. The number of hydrogen-bond acceptors (Lipinski definition) is 3. The first-order chi connectivity index (χ1) is 8.81. The molecule has 1 fully saturated rings. The lowest BCUT2D eigenvalue weighted by Crippen LogP contribution is -2.36. The number of nitrogens with zero attached hydrogens (tertiary/aromatic N) is 3. The fraction of sp³-hybridized carbons (Fsp3) is 0.357. The van der Waals surface area contributed by atoms with Crippen LogP contribution in [-0.4, -0.2) is 28.9 Å². The molecule has 18 heavy (non-hydrogen) atoms. The molecule has 0 radical (unpaired) electrons. The maximum Gasteiger partial charge on any atom is 0.264 e. The number of hydrogen-bond donors (Lipinski definition) is 0. The first-order valence-corrected chi connectivity index (χ1v) is 6.12. The molecule has 0 spiro atoms. The van der Waals surface area contributed by atoms with Crippen LogP contribution in [0.1, 0.15) is 24.8 Å². The zero-order chi connectivity index (χ0) is 12.8. The van der Waals surface area contributed by atoms with E-state index >= 15 is 0 Å². The van der Waals surface area contributed by atoms with Crippen molar-refractivity contribution in [3.8, 4) is 6.07 Å². The van der Waals surface area contributed by atoms with Crippen molar-refractivity contribution in [3.63, 3.8) is 0 Å². The number of carbonyl (C=O) groups is 1. The van der Waals surface area contributed by atoms with Gasteiger partial charge in [-0.1, -0.05) is 0 Å². The van der Waals surface area contributed by atoms with Crippen LogP contribution < -0.4 is 0 Å². The number of rotatable bonds is 2. The van der Waals surface area contributed by atoms with Crippen LogP contribution in [0, 0.1) is 11.3 Å². The molecule has 0 saturated carbocycles. The summed E-state index contributed by atoms with van der Waals surface area (Å²) in [4.78, 5) is 17.8. The van der Waals surface area contributed by atoms with E-state index in [1.54, 1.807) is 35.5 Å². The Morgan fingerprint density at radius 1 is 1.28 bits per heavy atom. The van der Waals surface area contributed by atoms with E-state index in [0.717, 1.165) is 31.5 Å². The molecule has 1 aromatic rings. The summed E-state index contributed by atoms with van der Waals surface area (Å²) >= 11 is 0. The van der Waals surface area contributed by atoms with E-state index in [1.807, 2.05) is 6.07 Å². The lowest BCUT2D eigenvalue weighted by atomic mass is 10.1. The SMILES string of the molecule is N#C/C(=C\c1ccncc1)C(=O)N1CCCCC1. The van der Waals surface area contributed by atoms with Gasteiger partial charge in [0.05, 0.1) is 0 Å². The van der Waals surface area contributed by atoms with Crippen LogP contribution in [0.2, 0.25) is 0 Å². The lowest BCUT2D eigenvalue weighted by Gasteiger charge is -2.26. The number of likely N-dealkylation sites (tertiary alicyclic amines) is 1. The fourth-order valence-electron chi connectivity index (χ4n) is 2.04. The normalized spacial score (nSPS) is 16.2. The lowest BCUT2D eigenvalue weighted by molar-refractivity contribution is -0.127. The Balaban J connectivity index is 2.16. The summed E-state index contributed by atoms with van der Waals surface area (Å²) in [5, 5.41) is 9.11. The third-order valence-corrected chi connectivity index (χ3v) is 3.01. The molecule has 1 aliphatic heterocycles. The molecule has 0 N–H and O–H groups in total. The van der Waals surface area contributed by atoms with Gasteiger partial charge in [-0.3, -0.25) is 9.78 Å². The van der Waals surface area contributed by atoms with Crippen LogP contribution >= 0.6 is 0 Å². The molecule has 0 aromatic carbocycles. The summed E-state index contributed by atoms with van der Waals surface area (Å²) in [6, 6.07) is 5.55. The van der Waals surface area contributed by atoms with Crippen LogP contribution in [-0.2, 0) is 4.79 Å². The predicted octanol–water partition coefficient (Wildman–Crippen LogP) is 2.00. The second-order valence-corrected chi connectivity index (χ2v) is 4.30. The van der Waals surface area contributed by atoms with Crippen LogP contribution in [0.25, 0.3) is 6.08 Å². The Bertz CT molecular complexity index is 482. The minimum Gasteiger partial charge on any atom is -0.338 e. The Kier molecular flexibility index (Phi) is 4.08. The van der Waals surface area contributed by atoms with Crippen molar-refractivity contribution in [2.24, 2.45) is 0 Å². The summed E-state index contributed by atoms with van der Waals surface area (Å²) in [7, 11) is 0. The van der Waals surface area contributed by atoms with Crippen molar-refractivity contribution in [1.82, 2.24) is 9.88 Å². The van der Waals surface area contributed by atoms with E-state index in [2.05, 4.69) is 4.98 Å². The van der Waals surface area contributed by atoms with Gasteiger partial charge in [0, 0.05) is 25.5 Å². The van der Waals surface area contributed by atoms with Gasteiger partial charge in [-0.15, -0.1) is 0 Å². The van der Waals surface area contributed by atoms with E-state index in [1.165, 1.54) is 6.42 Å². The minimum absolute atomic E-state index is 0.158. The highest BCUT2D eigenvalue weighted by atomic mass is 16.2. The zero-order valence-corrected chi connectivity index (χ0v) is 10.2. The van der Waals surface area contributed by atoms with Gasteiger partial charge in [0.25, 0.3) is 5.91 Å². The number of amides is 1. The highest BCUT2D eigenvalue weighted by molar-refractivity contribution is 6.01. The fourth-order valence-corrected chi connectivity index (χ4v) is 2.04. The van der Waals surface area contributed by atoms with Gasteiger partial charge in [-0.05, 0) is 43.0 Å². The average molecular weight is 241 g/mol. The monoisotopic (exact) mass is 241 g/mol. The molecular formula is C14H15N3O. The van der Waals surface area contributed by atoms with E-state index in [4.69, 9.17) is 5.26 Å². The predicted molar refractivity (Wildman–Crippen MR) is 68.3 cm³/mol. The largest absolute Gasteiger partial charge is 0.338 e. The second-order valence-electron chi connectivity index (χ2n) is 4.30. The van der Waals surface area contributed by atoms with Crippen LogP contribution in [0.3, 0.4) is 0 Å². The number of carbonyl (C=O) groups excluding carboxylic acids is 1. The van der Waals surface area contributed by atoms with E-state index in [-0.39, 0.29) is 11.5 Å². The Hall–Kier alpha value is -2.15. The van der Waals surface area contributed by atoms with Gasteiger partial charge in [0.2, 0.25) is 0 Å². The molecule has 0 unspecified atom stereocenters. The average Bonchev–Trinajstić information content (AvgIpc) is 2.46. The topological polar surface area (TPSA) is 57.0 Å². The van der Waals surface area contributed by atoms with E-state index in [9.17, 15) is 4.79 Å². The van der Waals surface area contributed by atoms with Crippen LogP contribution in [0.4, 0.5) is 0 Å². The molecule has 1 amide bonds. The third kappa shape index (κ3) is 2.95. The van der Waals surface area contributed by atoms with Gasteiger partial charge in [-0.2, -0.15) is 5.26 Å². The summed E-state index contributed by atoms with van der Waals surface area (Å²) in [6.07, 6.45) is 8.14. The molecule has 1 aromatic heterocycles. The smallest absolute Gasteiger partial charge is 0.264 e. The molecule has 4 nitrogen and oxygen atoms in total. The number of piperidine rings is 1.